The summed E-state index contributed by atoms with van der Waals surface area (Å²) in [6.07, 6.45) is -2.31. The molecular formula is C25H31F3N2O4S2. The van der Waals surface area contributed by atoms with Gasteiger partial charge in [-0.05, 0) is 61.9 Å². The van der Waals surface area contributed by atoms with E-state index in [0.29, 0.717) is 36.3 Å². The number of halogens is 3. The number of benzene rings is 2. The number of piperazine rings is 1. The van der Waals surface area contributed by atoms with E-state index in [1.807, 2.05) is 0 Å². The average molecular weight is 545 g/mol. The third-order valence-electron chi connectivity index (χ3n) is 7.19. The average Bonchev–Trinajstić information content (AvgIpc) is 2.84. The second-order valence-electron chi connectivity index (χ2n) is 9.59. The van der Waals surface area contributed by atoms with Crippen LogP contribution in [0, 0.1) is 5.92 Å². The number of sulfonamides is 1. The van der Waals surface area contributed by atoms with Crippen LogP contribution in [0.4, 0.5) is 18.9 Å². The van der Waals surface area contributed by atoms with E-state index in [9.17, 15) is 26.7 Å². The number of hydrogen-bond acceptors (Lipinski definition) is 6. The Labute approximate surface area is 215 Å². The lowest BCUT2D eigenvalue weighted by Gasteiger charge is -2.44. The highest BCUT2D eigenvalue weighted by Gasteiger charge is 2.51. The molecule has 0 amide bonds. The van der Waals surface area contributed by atoms with Gasteiger partial charge in [0.15, 0.2) is 5.60 Å². The quantitative estimate of drug-likeness (QED) is 0.527. The number of alkyl halides is 3. The molecule has 2 heterocycles. The lowest BCUT2D eigenvalue weighted by Crippen LogP contribution is -2.55. The van der Waals surface area contributed by atoms with Crippen LogP contribution in [-0.4, -0.2) is 62.9 Å². The molecule has 0 aliphatic carbocycles. The molecule has 0 bridgehead atoms. The summed E-state index contributed by atoms with van der Waals surface area (Å²) in [5.74, 6) is 0.358. The molecule has 2 unspecified atom stereocenters. The zero-order valence-electron chi connectivity index (χ0n) is 20.0. The van der Waals surface area contributed by atoms with Crippen molar-refractivity contribution < 1.29 is 31.4 Å². The Morgan fingerprint density at radius 3 is 2.31 bits per heavy atom. The van der Waals surface area contributed by atoms with Gasteiger partial charge < -0.3 is 14.7 Å². The summed E-state index contributed by atoms with van der Waals surface area (Å²) in [6, 6.07) is 12.1. The highest BCUT2D eigenvalue weighted by molar-refractivity contribution is 7.90. The maximum atomic E-state index is 13.4. The van der Waals surface area contributed by atoms with Crippen LogP contribution in [0.1, 0.15) is 31.7 Å². The fourth-order valence-corrected chi connectivity index (χ4v) is 6.97. The van der Waals surface area contributed by atoms with Crippen molar-refractivity contribution in [3.63, 3.8) is 0 Å². The number of anilines is 1. The Kier molecular flexibility index (Phi) is 7.97. The number of aliphatic hydroxyl groups is 1. The van der Waals surface area contributed by atoms with Crippen LogP contribution in [0.5, 0.6) is 0 Å². The molecule has 4 rings (SSSR count). The Morgan fingerprint density at radius 1 is 1.06 bits per heavy atom. The number of hydrogen-bond donors (Lipinski definition) is 2. The summed E-state index contributed by atoms with van der Waals surface area (Å²) in [5, 5.41) is 10.0. The molecule has 1 N–H and O–H groups in total. The van der Waals surface area contributed by atoms with Gasteiger partial charge in [-0.2, -0.15) is 17.5 Å². The Balaban J connectivity index is 1.60. The standard InChI is InChI=1S/C25H31F3N2O4S2/c1-24(31,25(26,27)28)19-6-8-20(9-7-19)30-13-12-29(17-21(30)16-18-10-14-34-15-11-18)36(32,33)23-5-3-2-4-22(23)35/h2-9,18,21,31,35H,10-17H2,1H3. The molecule has 2 aliphatic heterocycles. The van der Waals surface area contributed by atoms with Crippen LogP contribution in [0.3, 0.4) is 0 Å². The summed E-state index contributed by atoms with van der Waals surface area (Å²) >= 11 is 4.34. The maximum absolute atomic E-state index is 13.4. The highest BCUT2D eigenvalue weighted by Crippen LogP contribution is 2.39. The van der Waals surface area contributed by atoms with Gasteiger partial charge in [0.05, 0.1) is 4.90 Å². The van der Waals surface area contributed by atoms with Crippen LogP contribution in [0.15, 0.2) is 58.3 Å². The molecule has 36 heavy (non-hydrogen) atoms. The second-order valence-corrected chi connectivity index (χ2v) is 12.0. The first-order valence-electron chi connectivity index (χ1n) is 11.9. The molecule has 6 nitrogen and oxygen atoms in total. The number of ether oxygens (including phenoxy) is 1. The number of rotatable bonds is 6. The summed E-state index contributed by atoms with van der Waals surface area (Å²) in [6.45, 7) is 2.93. The Bertz CT molecular complexity index is 1150. The Hall–Kier alpha value is -1.79. The van der Waals surface area contributed by atoms with Crippen LogP contribution in [0.25, 0.3) is 0 Å². The van der Waals surface area contributed by atoms with Crippen LogP contribution in [-0.2, 0) is 20.4 Å². The monoisotopic (exact) mass is 544 g/mol. The van der Waals surface area contributed by atoms with Crippen LogP contribution >= 0.6 is 12.6 Å². The first-order valence-corrected chi connectivity index (χ1v) is 13.8. The van der Waals surface area contributed by atoms with E-state index in [1.165, 1.54) is 16.4 Å². The van der Waals surface area contributed by atoms with Gasteiger partial charge in [0.1, 0.15) is 0 Å². The van der Waals surface area contributed by atoms with Crippen LogP contribution < -0.4 is 4.90 Å². The first kappa shape index (κ1) is 27.3. The van der Waals surface area contributed by atoms with Gasteiger partial charge >= 0.3 is 6.18 Å². The minimum Gasteiger partial charge on any atom is -0.381 e. The van der Waals surface area contributed by atoms with E-state index < -0.39 is 21.8 Å². The summed E-state index contributed by atoms with van der Waals surface area (Å²) in [5.41, 5.74) is -2.51. The van der Waals surface area contributed by atoms with E-state index in [0.717, 1.165) is 26.2 Å². The van der Waals surface area contributed by atoms with Crippen molar-refractivity contribution in [3.05, 3.63) is 54.1 Å². The van der Waals surface area contributed by atoms with Crippen molar-refractivity contribution in [3.8, 4) is 0 Å². The maximum Gasteiger partial charge on any atom is 0.421 e. The summed E-state index contributed by atoms with van der Waals surface area (Å²) in [4.78, 5) is 2.61. The van der Waals surface area contributed by atoms with Crippen molar-refractivity contribution in [1.29, 1.82) is 0 Å². The van der Waals surface area contributed by atoms with Gasteiger partial charge in [0.2, 0.25) is 10.0 Å². The largest absolute Gasteiger partial charge is 0.421 e. The van der Waals surface area contributed by atoms with Gasteiger partial charge in [0, 0.05) is 49.5 Å². The minimum atomic E-state index is -4.80. The molecular weight excluding hydrogens is 513 g/mol. The lowest BCUT2D eigenvalue weighted by molar-refractivity contribution is -0.258. The molecule has 2 fully saturated rings. The fourth-order valence-electron chi connectivity index (χ4n) is 4.91. The molecule has 2 aromatic rings. The minimum absolute atomic E-state index is 0.158. The fraction of sp³-hybridized carbons (Fsp3) is 0.520. The zero-order valence-corrected chi connectivity index (χ0v) is 21.7. The topological polar surface area (TPSA) is 70.1 Å². The number of nitrogens with zero attached hydrogens (tertiary/aromatic N) is 2. The lowest BCUT2D eigenvalue weighted by atomic mass is 9.90. The number of thiol groups is 1. The molecule has 2 aliphatic rings. The smallest absolute Gasteiger partial charge is 0.381 e. The third kappa shape index (κ3) is 5.55. The van der Waals surface area contributed by atoms with Crippen molar-refractivity contribution >= 4 is 28.3 Å². The molecule has 2 atom stereocenters. The van der Waals surface area contributed by atoms with Gasteiger partial charge in [-0.25, -0.2) is 8.42 Å². The van der Waals surface area contributed by atoms with Gasteiger partial charge in [-0.1, -0.05) is 24.3 Å². The summed E-state index contributed by atoms with van der Waals surface area (Å²) < 4.78 is 73.7. The van der Waals surface area contributed by atoms with Crippen molar-refractivity contribution in [2.24, 2.45) is 5.92 Å². The van der Waals surface area contributed by atoms with Gasteiger partial charge in [-0.3, -0.25) is 0 Å². The normalized spacial score (nSPS) is 22.4. The third-order valence-corrected chi connectivity index (χ3v) is 9.65. The summed E-state index contributed by atoms with van der Waals surface area (Å²) in [7, 11) is -3.77. The van der Waals surface area contributed by atoms with Gasteiger partial charge in [0.25, 0.3) is 0 Å². The predicted octanol–water partition coefficient (Wildman–Crippen LogP) is 4.44. The van der Waals surface area contributed by atoms with E-state index in [-0.39, 0.29) is 29.6 Å². The van der Waals surface area contributed by atoms with Crippen LogP contribution in [0.2, 0.25) is 0 Å². The molecule has 0 radical (unpaired) electrons. The molecule has 11 heteroatoms. The van der Waals surface area contributed by atoms with Crippen molar-refractivity contribution in [2.75, 3.05) is 37.7 Å². The van der Waals surface area contributed by atoms with E-state index in [4.69, 9.17) is 4.74 Å². The van der Waals surface area contributed by atoms with Crippen molar-refractivity contribution in [1.82, 2.24) is 4.31 Å². The van der Waals surface area contributed by atoms with Crippen molar-refractivity contribution in [2.45, 2.75) is 53.8 Å². The van der Waals surface area contributed by atoms with E-state index in [2.05, 4.69) is 17.5 Å². The molecule has 0 saturated carbocycles. The van der Waals surface area contributed by atoms with Gasteiger partial charge in [-0.15, -0.1) is 12.6 Å². The molecule has 0 spiro atoms. The predicted molar refractivity (Wildman–Crippen MR) is 134 cm³/mol. The highest BCUT2D eigenvalue weighted by atomic mass is 32.2. The zero-order chi connectivity index (χ0) is 26.1. The molecule has 198 valence electrons. The molecule has 2 aromatic carbocycles. The molecule has 2 saturated heterocycles. The first-order chi connectivity index (χ1) is 16.9. The SMILES string of the molecule is CC(O)(c1ccc(N2CCN(S(=O)(=O)c3ccccc3S)CC2CC2CCOCC2)cc1)C(F)(F)F. The second kappa shape index (κ2) is 10.5. The Morgan fingerprint density at radius 2 is 1.69 bits per heavy atom. The molecule has 0 aromatic heterocycles. The van der Waals surface area contributed by atoms with E-state index >= 15 is 0 Å². The van der Waals surface area contributed by atoms with E-state index in [1.54, 1.807) is 36.4 Å².